The van der Waals surface area contributed by atoms with Gasteiger partial charge in [0.25, 0.3) is 11.5 Å². The normalized spacial score (nSPS) is 11.3. The van der Waals surface area contributed by atoms with Crippen LogP contribution in [0.3, 0.4) is 0 Å². The molecule has 0 bridgehead atoms. The van der Waals surface area contributed by atoms with Crippen molar-refractivity contribution in [3.63, 3.8) is 0 Å². The number of hydrogen-bond acceptors (Lipinski definition) is 6. The molecule has 6 nitrogen and oxygen atoms in total. The summed E-state index contributed by atoms with van der Waals surface area (Å²) in [6.07, 6.45) is 2.97. The lowest BCUT2D eigenvalue weighted by molar-refractivity contribution is -0.121. The van der Waals surface area contributed by atoms with E-state index in [1.165, 1.54) is 33.6 Å². The van der Waals surface area contributed by atoms with Crippen LogP contribution in [0.4, 0.5) is 0 Å². The van der Waals surface area contributed by atoms with Gasteiger partial charge in [-0.05, 0) is 23.1 Å². The van der Waals surface area contributed by atoms with E-state index in [0.717, 1.165) is 15.3 Å². The summed E-state index contributed by atoms with van der Waals surface area (Å²) in [5, 5.41) is 6.33. The summed E-state index contributed by atoms with van der Waals surface area (Å²) in [7, 11) is 0. The van der Waals surface area contributed by atoms with E-state index in [0.29, 0.717) is 10.2 Å². The van der Waals surface area contributed by atoms with Crippen LogP contribution in [0.15, 0.2) is 70.1 Å². The topological polar surface area (TPSA) is 76.3 Å². The van der Waals surface area contributed by atoms with Crippen molar-refractivity contribution in [1.82, 2.24) is 15.0 Å². The fourth-order valence-corrected chi connectivity index (χ4v) is 4.12. The summed E-state index contributed by atoms with van der Waals surface area (Å²) >= 11 is 2.98. The molecule has 4 rings (SSSR count). The zero-order valence-corrected chi connectivity index (χ0v) is 15.7. The largest absolute Gasteiger partial charge is 0.289 e. The summed E-state index contributed by atoms with van der Waals surface area (Å²) < 4.78 is 1.29. The molecule has 8 heteroatoms. The highest BCUT2D eigenvalue weighted by atomic mass is 32.1. The van der Waals surface area contributed by atoms with E-state index in [9.17, 15) is 9.59 Å². The number of amides is 1. The van der Waals surface area contributed by atoms with Crippen molar-refractivity contribution in [1.29, 1.82) is 0 Å². The van der Waals surface area contributed by atoms with Crippen LogP contribution in [-0.2, 0) is 11.3 Å². The number of aromatic nitrogens is 2. The van der Waals surface area contributed by atoms with E-state index in [2.05, 4.69) is 15.5 Å². The van der Waals surface area contributed by atoms with E-state index in [1.807, 2.05) is 53.9 Å². The molecule has 3 heterocycles. The molecule has 0 atom stereocenters. The molecule has 1 amide bonds. The molecule has 0 unspecified atom stereocenters. The third-order valence-corrected chi connectivity index (χ3v) is 5.71. The number of thiophene rings is 2. The quantitative estimate of drug-likeness (QED) is 0.417. The summed E-state index contributed by atoms with van der Waals surface area (Å²) in [4.78, 5) is 31.6. The molecule has 0 saturated carbocycles. The summed E-state index contributed by atoms with van der Waals surface area (Å²) in [5.74, 6) is -0.385. The molecule has 0 radical (unpaired) electrons. The molecule has 4 aromatic rings. The van der Waals surface area contributed by atoms with Crippen molar-refractivity contribution in [3.8, 4) is 10.4 Å². The maximum Gasteiger partial charge on any atom is 0.262 e. The fraction of sp³-hybridized carbons (Fsp3) is 0.0526. The minimum absolute atomic E-state index is 0.139. The highest BCUT2D eigenvalue weighted by molar-refractivity contribution is 7.21. The maximum atomic E-state index is 12.7. The molecule has 27 heavy (non-hydrogen) atoms. The number of carbonyl (C=O) groups is 1. The van der Waals surface area contributed by atoms with E-state index < -0.39 is 0 Å². The first kappa shape index (κ1) is 17.3. The van der Waals surface area contributed by atoms with Gasteiger partial charge < -0.3 is 0 Å². The molecule has 134 valence electrons. The summed E-state index contributed by atoms with van der Waals surface area (Å²) in [5.41, 5.74) is 3.22. The van der Waals surface area contributed by atoms with Crippen LogP contribution < -0.4 is 11.0 Å². The first-order valence-corrected chi connectivity index (χ1v) is 9.80. The molecule has 0 fully saturated rings. The van der Waals surface area contributed by atoms with Gasteiger partial charge in [-0.1, -0.05) is 36.4 Å². The van der Waals surface area contributed by atoms with Gasteiger partial charge in [0.15, 0.2) is 0 Å². The number of rotatable bonds is 5. The number of nitrogens with one attached hydrogen (secondary N) is 1. The van der Waals surface area contributed by atoms with Gasteiger partial charge in [-0.15, -0.1) is 22.7 Å². The predicted molar refractivity (Wildman–Crippen MR) is 109 cm³/mol. The third kappa shape index (κ3) is 3.86. The average Bonchev–Trinajstić information content (AvgIpc) is 3.35. The monoisotopic (exact) mass is 394 g/mol. The van der Waals surface area contributed by atoms with Crippen molar-refractivity contribution < 1.29 is 4.79 Å². The molecule has 1 aromatic carbocycles. The minimum Gasteiger partial charge on any atom is -0.289 e. The second kappa shape index (κ2) is 7.65. The van der Waals surface area contributed by atoms with Crippen LogP contribution in [0.5, 0.6) is 0 Å². The van der Waals surface area contributed by atoms with Gasteiger partial charge in [-0.2, -0.15) is 5.10 Å². The Hall–Kier alpha value is -3.10. The van der Waals surface area contributed by atoms with E-state index in [4.69, 9.17) is 0 Å². The first-order chi connectivity index (χ1) is 13.2. The van der Waals surface area contributed by atoms with Gasteiger partial charge in [-0.3, -0.25) is 14.2 Å². The number of fused-ring (bicyclic) bond motifs is 1. The minimum atomic E-state index is -0.385. The molecule has 1 N–H and O–H groups in total. The predicted octanol–water partition coefficient (Wildman–Crippen LogP) is 3.34. The zero-order valence-electron chi connectivity index (χ0n) is 14.0. The standard InChI is InChI=1S/C19H14N4O2S2/c24-17(22-21-10-14-7-4-8-26-14)11-23-12-20-18-15(19(23)25)9-16(27-18)13-5-2-1-3-6-13/h1-10,12H,11H2,(H,22,24)/b21-10+. The van der Waals surface area contributed by atoms with Crippen LogP contribution in [0.1, 0.15) is 4.88 Å². The number of benzene rings is 1. The maximum absolute atomic E-state index is 12.7. The SMILES string of the molecule is O=C(Cn1cnc2sc(-c3ccccc3)cc2c1=O)N/N=C/c1cccs1. The van der Waals surface area contributed by atoms with Crippen molar-refractivity contribution >= 4 is 45.0 Å². The second-order valence-corrected chi connectivity index (χ2v) is 7.69. The first-order valence-electron chi connectivity index (χ1n) is 8.10. The molecule has 3 aromatic heterocycles. The molecular weight excluding hydrogens is 380 g/mol. The number of carbonyl (C=O) groups excluding carboxylic acids is 1. The molecule has 0 aliphatic heterocycles. The van der Waals surface area contributed by atoms with Gasteiger partial charge in [0.05, 0.1) is 17.9 Å². The van der Waals surface area contributed by atoms with E-state index in [-0.39, 0.29) is 18.0 Å². The van der Waals surface area contributed by atoms with Gasteiger partial charge in [0.1, 0.15) is 11.4 Å². The summed E-state index contributed by atoms with van der Waals surface area (Å²) in [6.45, 7) is -0.139. The Balaban J connectivity index is 1.53. The Bertz CT molecular complexity index is 1160. The van der Waals surface area contributed by atoms with Crippen molar-refractivity contribution in [2.24, 2.45) is 5.10 Å². The Morgan fingerprint density at radius 2 is 2.07 bits per heavy atom. The highest BCUT2D eigenvalue weighted by Crippen LogP contribution is 2.30. The van der Waals surface area contributed by atoms with Crippen molar-refractivity contribution in [2.45, 2.75) is 6.54 Å². The Morgan fingerprint density at radius 3 is 2.85 bits per heavy atom. The van der Waals surface area contributed by atoms with E-state index >= 15 is 0 Å². The lowest BCUT2D eigenvalue weighted by atomic mass is 10.2. The lowest BCUT2D eigenvalue weighted by Crippen LogP contribution is -2.29. The molecule has 0 aliphatic rings. The average molecular weight is 394 g/mol. The van der Waals surface area contributed by atoms with Crippen LogP contribution in [0.2, 0.25) is 0 Å². The molecule has 0 spiro atoms. The number of nitrogens with zero attached hydrogens (tertiary/aromatic N) is 3. The van der Waals surface area contributed by atoms with Gasteiger partial charge in [-0.25, -0.2) is 10.4 Å². The lowest BCUT2D eigenvalue weighted by Gasteiger charge is -2.03. The molecule has 0 saturated heterocycles. The van der Waals surface area contributed by atoms with Crippen molar-refractivity contribution in [2.75, 3.05) is 0 Å². The zero-order chi connectivity index (χ0) is 18.6. The van der Waals surface area contributed by atoms with Gasteiger partial charge in [0.2, 0.25) is 0 Å². The van der Waals surface area contributed by atoms with Gasteiger partial charge >= 0.3 is 0 Å². The Kier molecular flexibility index (Phi) is 4.91. The van der Waals surface area contributed by atoms with Crippen LogP contribution >= 0.6 is 22.7 Å². The summed E-state index contributed by atoms with van der Waals surface area (Å²) in [6, 6.07) is 15.4. The second-order valence-electron chi connectivity index (χ2n) is 5.68. The fourth-order valence-electron chi connectivity index (χ4n) is 2.54. The number of hydrogen-bond donors (Lipinski definition) is 1. The third-order valence-electron chi connectivity index (χ3n) is 3.81. The smallest absolute Gasteiger partial charge is 0.262 e. The highest BCUT2D eigenvalue weighted by Gasteiger charge is 2.12. The van der Waals surface area contributed by atoms with E-state index in [1.54, 1.807) is 6.21 Å². The number of hydrazone groups is 1. The van der Waals surface area contributed by atoms with Crippen LogP contribution in [-0.4, -0.2) is 21.7 Å². The van der Waals surface area contributed by atoms with Gasteiger partial charge in [0, 0.05) is 9.75 Å². The molecular formula is C19H14N4O2S2. The molecule has 0 aliphatic carbocycles. The Labute approximate surface area is 162 Å². The van der Waals surface area contributed by atoms with Crippen molar-refractivity contribution in [3.05, 3.63) is 75.5 Å². The van der Waals surface area contributed by atoms with Crippen LogP contribution in [0.25, 0.3) is 20.7 Å². The Morgan fingerprint density at radius 1 is 1.22 bits per heavy atom. The van der Waals surface area contributed by atoms with Crippen LogP contribution in [0, 0.1) is 0 Å².